The fraction of sp³-hybridized carbons (Fsp3) is 0.182. The number of nitrogens with zero attached hydrogens (tertiary/aromatic N) is 2. The number of aromatic amines is 1. The summed E-state index contributed by atoms with van der Waals surface area (Å²) in [4.78, 5) is 23.8. The second kappa shape index (κ2) is 7.76. The molecular formula is C22H21N3OS. The molecule has 0 unspecified atom stereocenters. The largest absolute Gasteiger partial charge is 0.342 e. The summed E-state index contributed by atoms with van der Waals surface area (Å²) >= 11 is 1.47. The van der Waals surface area contributed by atoms with Gasteiger partial charge in [0.15, 0.2) is 0 Å². The van der Waals surface area contributed by atoms with Crippen LogP contribution < -0.4 is 4.90 Å². The number of benzene rings is 2. The van der Waals surface area contributed by atoms with Gasteiger partial charge >= 0.3 is 0 Å². The first-order valence-corrected chi connectivity index (χ1v) is 10.0. The predicted octanol–water partition coefficient (Wildman–Crippen LogP) is 5.42. The van der Waals surface area contributed by atoms with Gasteiger partial charge < -0.3 is 9.88 Å². The van der Waals surface area contributed by atoms with Gasteiger partial charge in [-0.3, -0.25) is 4.79 Å². The molecule has 0 saturated heterocycles. The van der Waals surface area contributed by atoms with Crippen molar-refractivity contribution < 1.29 is 4.79 Å². The smallest absolute Gasteiger partial charge is 0.268 e. The molecule has 0 aliphatic carbocycles. The van der Waals surface area contributed by atoms with Gasteiger partial charge in [-0.05, 0) is 41.6 Å². The third-order valence-corrected chi connectivity index (χ3v) is 5.33. The van der Waals surface area contributed by atoms with Gasteiger partial charge in [0, 0.05) is 12.1 Å². The number of aryl methyl sites for hydroxylation is 1. The molecule has 2 heterocycles. The van der Waals surface area contributed by atoms with Gasteiger partial charge in [-0.1, -0.05) is 43.3 Å². The molecule has 0 spiro atoms. The minimum atomic E-state index is 0.0116. The quantitative estimate of drug-likeness (QED) is 0.489. The van der Waals surface area contributed by atoms with Crippen molar-refractivity contribution in [3.8, 4) is 0 Å². The zero-order chi connectivity index (χ0) is 18.6. The molecule has 1 N–H and O–H groups in total. The Morgan fingerprint density at radius 3 is 2.70 bits per heavy atom. The van der Waals surface area contributed by atoms with E-state index in [0.29, 0.717) is 6.54 Å². The number of hydrogen-bond acceptors (Lipinski definition) is 3. The second-order valence-electron chi connectivity index (χ2n) is 6.49. The maximum atomic E-state index is 13.2. The molecule has 2 aromatic carbocycles. The average Bonchev–Trinajstić information content (AvgIpc) is 3.35. The monoisotopic (exact) mass is 375 g/mol. The van der Waals surface area contributed by atoms with Gasteiger partial charge in [-0.15, -0.1) is 11.3 Å². The number of fused-ring (bicyclic) bond motifs is 1. The zero-order valence-electron chi connectivity index (χ0n) is 15.2. The van der Waals surface area contributed by atoms with Crippen molar-refractivity contribution in [1.29, 1.82) is 0 Å². The van der Waals surface area contributed by atoms with Crippen molar-refractivity contribution in [3.05, 3.63) is 82.3 Å². The Morgan fingerprint density at radius 2 is 1.96 bits per heavy atom. The molecule has 0 saturated carbocycles. The third-order valence-electron chi connectivity index (χ3n) is 4.47. The first-order valence-electron chi connectivity index (χ1n) is 9.12. The summed E-state index contributed by atoms with van der Waals surface area (Å²) in [5.74, 6) is 1.00. The summed E-state index contributed by atoms with van der Waals surface area (Å²) in [6.07, 6.45) is 1.97. The molecule has 2 aromatic heterocycles. The number of hydrogen-bond donors (Lipinski definition) is 1. The Hall–Kier alpha value is -2.92. The fourth-order valence-corrected chi connectivity index (χ4v) is 3.82. The Kier molecular flexibility index (Phi) is 5.03. The maximum Gasteiger partial charge on any atom is 0.268 e. The third kappa shape index (κ3) is 3.78. The van der Waals surface area contributed by atoms with E-state index in [-0.39, 0.29) is 5.91 Å². The van der Waals surface area contributed by atoms with E-state index >= 15 is 0 Å². The molecule has 0 atom stereocenters. The van der Waals surface area contributed by atoms with E-state index in [4.69, 9.17) is 0 Å². The Balaban J connectivity index is 1.72. The van der Waals surface area contributed by atoms with E-state index in [9.17, 15) is 4.79 Å². The zero-order valence-corrected chi connectivity index (χ0v) is 16.0. The maximum absolute atomic E-state index is 13.2. The van der Waals surface area contributed by atoms with Gasteiger partial charge in [0.1, 0.15) is 5.82 Å². The molecule has 4 aromatic rings. The summed E-state index contributed by atoms with van der Waals surface area (Å²) in [5, 5.41) is 1.93. The van der Waals surface area contributed by atoms with Crippen LogP contribution in [0.3, 0.4) is 0 Å². The summed E-state index contributed by atoms with van der Waals surface area (Å²) in [6.45, 7) is 2.66. The van der Waals surface area contributed by atoms with E-state index in [1.165, 1.54) is 11.3 Å². The number of H-pyrrole nitrogens is 1. The number of aromatic nitrogens is 2. The van der Waals surface area contributed by atoms with Crippen molar-refractivity contribution in [3.63, 3.8) is 0 Å². The van der Waals surface area contributed by atoms with Crippen LogP contribution in [0, 0.1) is 0 Å². The molecule has 0 aliphatic rings. The number of imidazole rings is 1. The molecule has 0 aliphatic heterocycles. The summed E-state index contributed by atoms with van der Waals surface area (Å²) in [5.41, 5.74) is 3.86. The lowest BCUT2D eigenvalue weighted by Gasteiger charge is -2.22. The van der Waals surface area contributed by atoms with E-state index in [2.05, 4.69) is 16.9 Å². The van der Waals surface area contributed by atoms with Crippen LogP contribution in [0.4, 0.5) is 5.69 Å². The topological polar surface area (TPSA) is 49.0 Å². The Labute approximate surface area is 162 Å². The minimum absolute atomic E-state index is 0.0116. The lowest BCUT2D eigenvalue weighted by Crippen LogP contribution is -2.29. The number of anilines is 1. The highest BCUT2D eigenvalue weighted by Crippen LogP contribution is 2.25. The molecule has 4 rings (SSSR count). The lowest BCUT2D eigenvalue weighted by atomic mass is 10.1. The van der Waals surface area contributed by atoms with Crippen molar-refractivity contribution in [2.24, 2.45) is 0 Å². The second-order valence-corrected chi connectivity index (χ2v) is 7.44. The standard InChI is InChI=1S/C22H21N3OS/c1-2-7-21-23-18-12-11-17(14-19(18)24-21)25(15-16-8-4-3-5-9-16)22(26)20-10-6-13-27-20/h3-6,8-14H,2,7,15H2,1H3,(H,23,24). The van der Waals surface area contributed by atoms with Gasteiger partial charge in [-0.25, -0.2) is 4.98 Å². The molecular weight excluding hydrogens is 354 g/mol. The Morgan fingerprint density at radius 1 is 1.11 bits per heavy atom. The predicted molar refractivity (Wildman–Crippen MR) is 111 cm³/mol. The minimum Gasteiger partial charge on any atom is -0.342 e. The normalized spacial score (nSPS) is 11.0. The molecule has 0 fully saturated rings. The van der Waals surface area contributed by atoms with Gasteiger partial charge in [0.25, 0.3) is 5.91 Å². The number of carbonyl (C=O) groups is 1. The van der Waals surface area contributed by atoms with E-state index in [1.54, 1.807) is 0 Å². The molecule has 27 heavy (non-hydrogen) atoms. The van der Waals surface area contributed by atoms with Crippen molar-refractivity contribution in [1.82, 2.24) is 9.97 Å². The van der Waals surface area contributed by atoms with Crippen LogP contribution in [0.15, 0.2) is 66.0 Å². The number of amides is 1. The molecule has 5 heteroatoms. The van der Waals surface area contributed by atoms with Crippen LogP contribution in [-0.4, -0.2) is 15.9 Å². The highest BCUT2D eigenvalue weighted by molar-refractivity contribution is 7.12. The first-order chi connectivity index (χ1) is 13.2. The van der Waals surface area contributed by atoms with Crippen molar-refractivity contribution in [2.45, 2.75) is 26.3 Å². The van der Waals surface area contributed by atoms with E-state index in [1.807, 2.05) is 70.9 Å². The van der Waals surface area contributed by atoms with Gasteiger partial charge in [-0.2, -0.15) is 0 Å². The number of nitrogens with one attached hydrogen (secondary N) is 1. The Bertz CT molecular complexity index is 1040. The molecule has 4 nitrogen and oxygen atoms in total. The van der Waals surface area contributed by atoms with E-state index in [0.717, 1.165) is 45.8 Å². The summed E-state index contributed by atoms with van der Waals surface area (Å²) in [6, 6.07) is 19.8. The van der Waals surface area contributed by atoms with Crippen LogP contribution in [0.1, 0.15) is 34.4 Å². The highest BCUT2D eigenvalue weighted by Gasteiger charge is 2.20. The van der Waals surface area contributed by atoms with Crippen LogP contribution in [0.25, 0.3) is 11.0 Å². The van der Waals surface area contributed by atoms with Crippen molar-refractivity contribution in [2.75, 3.05) is 4.90 Å². The number of carbonyl (C=O) groups excluding carboxylic acids is 1. The van der Waals surface area contributed by atoms with Crippen LogP contribution in [0.5, 0.6) is 0 Å². The molecule has 0 radical (unpaired) electrons. The average molecular weight is 375 g/mol. The summed E-state index contributed by atoms with van der Waals surface area (Å²) in [7, 11) is 0. The fourth-order valence-electron chi connectivity index (χ4n) is 3.15. The lowest BCUT2D eigenvalue weighted by molar-refractivity contribution is 0.0989. The first kappa shape index (κ1) is 17.5. The van der Waals surface area contributed by atoms with Crippen LogP contribution in [0.2, 0.25) is 0 Å². The number of rotatable bonds is 6. The van der Waals surface area contributed by atoms with Gasteiger partial charge in [0.05, 0.1) is 22.5 Å². The van der Waals surface area contributed by atoms with Crippen molar-refractivity contribution >= 4 is 34.0 Å². The SMILES string of the molecule is CCCc1nc2cc(N(Cc3ccccc3)C(=O)c3cccs3)ccc2[nH]1. The summed E-state index contributed by atoms with van der Waals surface area (Å²) < 4.78 is 0. The highest BCUT2D eigenvalue weighted by atomic mass is 32.1. The molecule has 136 valence electrons. The number of thiophene rings is 1. The molecule has 1 amide bonds. The van der Waals surface area contributed by atoms with E-state index < -0.39 is 0 Å². The molecule has 0 bridgehead atoms. The van der Waals surface area contributed by atoms with Crippen LogP contribution >= 0.6 is 11.3 Å². The van der Waals surface area contributed by atoms with Crippen LogP contribution in [-0.2, 0) is 13.0 Å². The van der Waals surface area contributed by atoms with Gasteiger partial charge in [0.2, 0.25) is 0 Å².